The Hall–Kier alpha value is -0.570. The molecule has 0 saturated heterocycles. The molecular weight excluding hydrogens is 373 g/mol. The summed E-state index contributed by atoms with van der Waals surface area (Å²) in [5, 5.41) is 1.51. The van der Waals surface area contributed by atoms with Crippen LogP contribution in [-0.4, -0.2) is 10.9 Å². The highest BCUT2D eigenvalue weighted by molar-refractivity contribution is 14.2. The van der Waals surface area contributed by atoms with Gasteiger partial charge in [0.2, 0.25) is 0 Å². The molecule has 2 rings (SSSR count). The smallest absolute Gasteiger partial charge is 0.267 e. The first-order valence-corrected chi connectivity index (χ1v) is 8.32. The number of halogens is 2. The number of nitrogens with zero attached hydrogens (tertiary/aromatic N) is 1. The van der Waals surface area contributed by atoms with Crippen LogP contribution >= 0.6 is 41.9 Å². The highest BCUT2D eigenvalue weighted by Gasteiger charge is 2.06. The SMILES string of the molecule is O=C(NNSI)c1cnc2cc(Cl)ccc2c1. The molecule has 0 radical (unpaired) electrons. The van der Waals surface area contributed by atoms with Crippen molar-refractivity contribution < 1.29 is 4.79 Å². The predicted octanol–water partition coefficient (Wildman–Crippen LogP) is 3.12. The molecule has 0 unspecified atom stereocenters. The van der Waals surface area contributed by atoms with E-state index in [2.05, 4.69) is 15.2 Å². The molecule has 0 atom stereocenters. The van der Waals surface area contributed by atoms with Crippen molar-refractivity contribution in [2.24, 2.45) is 0 Å². The van der Waals surface area contributed by atoms with Crippen LogP contribution in [0, 0.1) is 0 Å². The van der Waals surface area contributed by atoms with Crippen LogP contribution in [0.1, 0.15) is 10.4 Å². The third-order valence-electron chi connectivity index (χ3n) is 2.11. The third kappa shape index (κ3) is 3.21. The van der Waals surface area contributed by atoms with Crippen LogP contribution in [0.5, 0.6) is 0 Å². The van der Waals surface area contributed by atoms with E-state index in [4.69, 9.17) is 11.6 Å². The van der Waals surface area contributed by atoms with Gasteiger partial charge in [-0.05, 0) is 18.2 Å². The van der Waals surface area contributed by atoms with E-state index >= 15 is 0 Å². The molecule has 2 aromatic rings. The number of amides is 1. The van der Waals surface area contributed by atoms with Crippen molar-refractivity contribution in [3.05, 3.63) is 41.0 Å². The zero-order valence-corrected chi connectivity index (χ0v) is 12.1. The second-order valence-electron chi connectivity index (χ2n) is 3.19. The van der Waals surface area contributed by atoms with E-state index in [1.807, 2.05) is 27.3 Å². The minimum Gasteiger partial charge on any atom is -0.277 e. The average molecular weight is 380 g/mol. The molecule has 2 N–H and O–H groups in total. The van der Waals surface area contributed by atoms with Gasteiger partial charge in [-0.1, -0.05) is 17.7 Å². The average Bonchev–Trinajstić information content (AvgIpc) is 2.35. The number of carbonyl (C=O) groups excluding carboxylic acids is 1. The molecule has 88 valence electrons. The Labute approximate surface area is 119 Å². The molecule has 17 heavy (non-hydrogen) atoms. The summed E-state index contributed by atoms with van der Waals surface area (Å²) in [5.74, 6) is -0.224. The Balaban J connectivity index is 2.31. The number of carbonyl (C=O) groups is 1. The Morgan fingerprint density at radius 3 is 3.00 bits per heavy atom. The van der Waals surface area contributed by atoms with Crippen LogP contribution in [0.15, 0.2) is 30.5 Å². The third-order valence-corrected chi connectivity index (χ3v) is 3.19. The van der Waals surface area contributed by atoms with Gasteiger partial charge in [-0.2, -0.15) is 4.83 Å². The van der Waals surface area contributed by atoms with E-state index in [0.29, 0.717) is 10.6 Å². The number of nitrogens with one attached hydrogen (secondary N) is 2. The lowest BCUT2D eigenvalue weighted by Gasteiger charge is -2.04. The van der Waals surface area contributed by atoms with Crippen molar-refractivity contribution in [1.29, 1.82) is 0 Å². The minimum atomic E-state index is -0.224. The van der Waals surface area contributed by atoms with Crippen LogP contribution < -0.4 is 10.3 Å². The fourth-order valence-electron chi connectivity index (χ4n) is 1.36. The maximum atomic E-state index is 11.7. The molecule has 1 heterocycles. The van der Waals surface area contributed by atoms with Crippen LogP contribution in [0.3, 0.4) is 0 Å². The summed E-state index contributed by atoms with van der Waals surface area (Å²) in [5.41, 5.74) is 3.79. The highest BCUT2D eigenvalue weighted by Crippen LogP contribution is 2.18. The maximum Gasteiger partial charge on any atom is 0.267 e. The van der Waals surface area contributed by atoms with Gasteiger partial charge in [0.05, 0.1) is 11.1 Å². The van der Waals surface area contributed by atoms with Gasteiger partial charge >= 0.3 is 0 Å². The van der Waals surface area contributed by atoms with Crippen LogP contribution in [0.4, 0.5) is 0 Å². The normalized spacial score (nSPS) is 10.5. The fourth-order valence-corrected chi connectivity index (χ4v) is 1.98. The van der Waals surface area contributed by atoms with Crippen molar-refractivity contribution >= 4 is 58.7 Å². The second kappa shape index (κ2) is 5.85. The number of rotatable bonds is 3. The van der Waals surface area contributed by atoms with Gasteiger partial charge in [0.1, 0.15) is 0 Å². The number of hydrogen-bond acceptors (Lipinski definition) is 4. The summed E-state index contributed by atoms with van der Waals surface area (Å²) in [4.78, 5) is 18.5. The molecule has 7 heteroatoms. The van der Waals surface area contributed by atoms with Gasteiger partial charge in [0.15, 0.2) is 0 Å². The summed E-state index contributed by atoms with van der Waals surface area (Å²) < 4.78 is 0. The fraction of sp³-hybridized carbons (Fsp3) is 0. The Bertz CT molecular complexity index is 566. The number of benzene rings is 1. The van der Waals surface area contributed by atoms with Gasteiger partial charge in [-0.25, -0.2) is 0 Å². The van der Waals surface area contributed by atoms with Crippen molar-refractivity contribution in [3.8, 4) is 0 Å². The molecule has 1 amide bonds. The maximum absolute atomic E-state index is 11.7. The summed E-state index contributed by atoms with van der Waals surface area (Å²) in [6, 6.07) is 7.14. The number of hydrazine groups is 1. The van der Waals surface area contributed by atoms with Crippen molar-refractivity contribution in [2.75, 3.05) is 0 Å². The molecule has 0 aliphatic heterocycles. The second-order valence-corrected chi connectivity index (χ2v) is 5.31. The van der Waals surface area contributed by atoms with E-state index in [1.165, 1.54) is 15.3 Å². The molecular formula is C10H7ClIN3OS. The monoisotopic (exact) mass is 379 g/mol. The molecule has 1 aromatic heterocycles. The molecule has 1 aromatic carbocycles. The number of fused-ring (bicyclic) bond motifs is 1. The summed E-state index contributed by atoms with van der Waals surface area (Å²) in [6.07, 6.45) is 1.52. The molecule has 0 aliphatic rings. The molecule has 0 spiro atoms. The molecule has 0 saturated carbocycles. The highest BCUT2D eigenvalue weighted by atomic mass is 127. The number of aromatic nitrogens is 1. The van der Waals surface area contributed by atoms with Crippen molar-refractivity contribution in [1.82, 2.24) is 15.2 Å². The Morgan fingerprint density at radius 1 is 1.41 bits per heavy atom. The van der Waals surface area contributed by atoms with Crippen molar-refractivity contribution in [3.63, 3.8) is 0 Å². The minimum absolute atomic E-state index is 0.224. The first kappa shape index (κ1) is 12.9. The largest absolute Gasteiger partial charge is 0.277 e. The number of hydrogen-bond donors (Lipinski definition) is 2. The molecule has 0 bridgehead atoms. The lowest BCUT2D eigenvalue weighted by atomic mass is 10.1. The molecule has 4 nitrogen and oxygen atoms in total. The van der Waals surface area contributed by atoms with Gasteiger partial charge in [-0.3, -0.25) is 15.2 Å². The predicted molar refractivity (Wildman–Crippen MR) is 79.0 cm³/mol. The lowest BCUT2D eigenvalue weighted by Crippen LogP contribution is -2.31. The first-order chi connectivity index (χ1) is 8.20. The first-order valence-electron chi connectivity index (χ1n) is 4.59. The Morgan fingerprint density at radius 2 is 2.24 bits per heavy atom. The van der Waals surface area contributed by atoms with Gasteiger partial charge in [0, 0.05) is 46.9 Å². The van der Waals surface area contributed by atoms with Crippen LogP contribution in [0.25, 0.3) is 10.9 Å². The summed E-state index contributed by atoms with van der Waals surface area (Å²) in [6.45, 7) is 0. The summed E-state index contributed by atoms with van der Waals surface area (Å²) >= 11 is 7.88. The quantitative estimate of drug-likeness (QED) is 0.489. The Kier molecular flexibility index (Phi) is 4.43. The standard InChI is InChI=1S/C10H7ClIN3OS/c11-8-2-1-6-3-7(5-13-9(6)4-8)10(16)14-15-17-12/h1-5,15H,(H,14,16). The molecule has 0 fully saturated rings. The van der Waals surface area contributed by atoms with Gasteiger partial charge in [-0.15, -0.1) is 0 Å². The van der Waals surface area contributed by atoms with Crippen molar-refractivity contribution in [2.45, 2.75) is 0 Å². The lowest BCUT2D eigenvalue weighted by molar-refractivity contribution is 0.0947. The van der Waals surface area contributed by atoms with Gasteiger partial charge < -0.3 is 0 Å². The topological polar surface area (TPSA) is 54.0 Å². The van der Waals surface area contributed by atoms with E-state index < -0.39 is 0 Å². The summed E-state index contributed by atoms with van der Waals surface area (Å²) in [7, 11) is 1.28. The van der Waals surface area contributed by atoms with Gasteiger partial charge in [0.25, 0.3) is 5.91 Å². The molecule has 0 aliphatic carbocycles. The van der Waals surface area contributed by atoms with Crippen LogP contribution in [0.2, 0.25) is 5.02 Å². The van der Waals surface area contributed by atoms with E-state index in [1.54, 1.807) is 18.2 Å². The van der Waals surface area contributed by atoms with E-state index in [9.17, 15) is 4.79 Å². The van der Waals surface area contributed by atoms with E-state index in [0.717, 1.165) is 10.9 Å². The number of pyridine rings is 1. The zero-order chi connectivity index (χ0) is 12.3. The van der Waals surface area contributed by atoms with Crippen LogP contribution in [-0.2, 0) is 0 Å². The van der Waals surface area contributed by atoms with E-state index in [-0.39, 0.29) is 5.91 Å². The zero-order valence-electron chi connectivity index (χ0n) is 8.41.